The Morgan fingerprint density at radius 3 is 2.90 bits per heavy atom. The molecule has 1 N–H and O–H groups in total. The highest BCUT2D eigenvalue weighted by molar-refractivity contribution is 5.82. The number of methoxy groups -OCH3 is 1. The van der Waals surface area contributed by atoms with Crippen molar-refractivity contribution in [1.82, 2.24) is 15.2 Å². The zero-order valence-electron chi connectivity index (χ0n) is 16.7. The van der Waals surface area contributed by atoms with E-state index in [9.17, 15) is 4.79 Å². The predicted octanol–water partition coefficient (Wildman–Crippen LogP) is 2.25. The van der Waals surface area contributed by atoms with Gasteiger partial charge in [-0.25, -0.2) is 4.98 Å². The molecule has 7 nitrogen and oxygen atoms in total. The highest BCUT2D eigenvalue weighted by Crippen LogP contribution is 2.30. The fourth-order valence-corrected chi connectivity index (χ4v) is 3.90. The van der Waals surface area contributed by atoms with Crippen LogP contribution in [0.15, 0.2) is 36.5 Å². The average Bonchev–Trinajstić information content (AvgIpc) is 3.21. The monoisotopic (exact) mass is 397 g/mol. The summed E-state index contributed by atoms with van der Waals surface area (Å²) < 4.78 is 16.7. The molecule has 0 saturated carbocycles. The number of nitrogens with one attached hydrogen (secondary N) is 1. The molecule has 0 aliphatic carbocycles. The van der Waals surface area contributed by atoms with Gasteiger partial charge in [-0.3, -0.25) is 9.69 Å². The van der Waals surface area contributed by atoms with Crippen LogP contribution in [0.1, 0.15) is 18.4 Å². The fraction of sp³-hybridized carbons (Fsp3) is 0.455. The molecule has 0 spiro atoms. The first-order valence-electron chi connectivity index (χ1n) is 10.1. The summed E-state index contributed by atoms with van der Waals surface area (Å²) in [7, 11) is 1.61. The van der Waals surface area contributed by atoms with Crippen LogP contribution in [0.4, 0.5) is 0 Å². The molecule has 0 unspecified atom stereocenters. The first-order chi connectivity index (χ1) is 14.2. The molecule has 3 heterocycles. The van der Waals surface area contributed by atoms with Crippen LogP contribution in [-0.2, 0) is 16.1 Å². The Kier molecular flexibility index (Phi) is 6.27. The van der Waals surface area contributed by atoms with Crippen molar-refractivity contribution in [3.05, 3.63) is 42.1 Å². The van der Waals surface area contributed by atoms with Crippen molar-refractivity contribution in [2.75, 3.05) is 40.0 Å². The molecule has 2 aromatic rings. The zero-order valence-corrected chi connectivity index (χ0v) is 16.7. The Morgan fingerprint density at radius 2 is 2.07 bits per heavy atom. The minimum Gasteiger partial charge on any atom is -0.491 e. The van der Waals surface area contributed by atoms with E-state index in [1.165, 1.54) is 0 Å². The second-order valence-electron chi connectivity index (χ2n) is 7.29. The average molecular weight is 397 g/mol. The molecule has 29 heavy (non-hydrogen) atoms. The van der Waals surface area contributed by atoms with Crippen molar-refractivity contribution in [2.24, 2.45) is 0 Å². The maximum atomic E-state index is 12.6. The maximum absolute atomic E-state index is 12.6. The van der Waals surface area contributed by atoms with Gasteiger partial charge >= 0.3 is 0 Å². The summed E-state index contributed by atoms with van der Waals surface area (Å²) in [4.78, 5) is 19.2. The number of nitrogens with zero attached hydrogens (tertiary/aromatic N) is 2. The van der Waals surface area contributed by atoms with Gasteiger partial charge in [-0.1, -0.05) is 6.07 Å². The Hall–Kier alpha value is -2.64. The minimum atomic E-state index is -0.102. The summed E-state index contributed by atoms with van der Waals surface area (Å²) in [6, 6.07) is 9.91. The number of benzene rings is 1. The predicted molar refractivity (Wildman–Crippen MR) is 109 cm³/mol. The molecule has 1 atom stereocenters. The largest absolute Gasteiger partial charge is 0.491 e. The molecule has 7 heteroatoms. The normalized spacial score (nSPS) is 20.9. The lowest BCUT2D eigenvalue weighted by molar-refractivity contribution is -0.125. The van der Waals surface area contributed by atoms with Crippen molar-refractivity contribution in [3.63, 3.8) is 0 Å². The highest BCUT2D eigenvalue weighted by Gasteiger charge is 2.31. The number of hydrogen-bond acceptors (Lipinski definition) is 6. The molecule has 1 aromatic carbocycles. The first-order valence-corrected chi connectivity index (χ1v) is 10.1. The van der Waals surface area contributed by atoms with Crippen molar-refractivity contribution in [1.29, 1.82) is 0 Å². The summed E-state index contributed by atoms with van der Waals surface area (Å²) in [6.07, 6.45) is 3.71. The number of fused-ring (bicyclic) bond motifs is 2. The van der Waals surface area contributed by atoms with Crippen molar-refractivity contribution >= 4 is 5.91 Å². The van der Waals surface area contributed by atoms with E-state index < -0.39 is 0 Å². The number of rotatable bonds is 2. The van der Waals surface area contributed by atoms with Gasteiger partial charge in [-0.05, 0) is 43.1 Å². The van der Waals surface area contributed by atoms with Gasteiger partial charge in [-0.2, -0.15) is 0 Å². The molecule has 4 rings (SSSR count). The van der Waals surface area contributed by atoms with E-state index in [1.54, 1.807) is 13.3 Å². The lowest BCUT2D eigenvalue weighted by Gasteiger charge is -2.24. The molecule has 1 aromatic heterocycles. The quantitative estimate of drug-likeness (QED) is 0.838. The van der Waals surface area contributed by atoms with Crippen LogP contribution in [0.5, 0.6) is 11.6 Å². The zero-order chi connectivity index (χ0) is 20.1. The first kappa shape index (κ1) is 19.7. The summed E-state index contributed by atoms with van der Waals surface area (Å²) in [6.45, 7) is 3.58. The van der Waals surface area contributed by atoms with Crippen LogP contribution < -0.4 is 14.8 Å². The molecule has 1 saturated heterocycles. The maximum Gasteiger partial charge on any atom is 0.237 e. The second-order valence-corrected chi connectivity index (χ2v) is 7.29. The van der Waals surface area contributed by atoms with Crippen LogP contribution >= 0.6 is 0 Å². The van der Waals surface area contributed by atoms with Crippen molar-refractivity contribution < 1.29 is 19.0 Å². The van der Waals surface area contributed by atoms with Gasteiger partial charge < -0.3 is 19.5 Å². The number of hydrogen-bond donors (Lipinski definition) is 1. The fourth-order valence-electron chi connectivity index (χ4n) is 3.90. The van der Waals surface area contributed by atoms with Gasteiger partial charge in [0.2, 0.25) is 11.8 Å². The molecule has 154 valence electrons. The van der Waals surface area contributed by atoms with Crippen LogP contribution in [-0.4, -0.2) is 61.9 Å². The molecular weight excluding hydrogens is 370 g/mol. The number of carbonyl (C=O) groups is 1. The second kappa shape index (κ2) is 9.24. The Bertz CT molecular complexity index is 840. The summed E-state index contributed by atoms with van der Waals surface area (Å²) in [5.41, 5.74) is 3.14. The number of carbonyl (C=O) groups excluding carboxylic acids is 1. The summed E-state index contributed by atoms with van der Waals surface area (Å²) in [5.74, 6) is 1.51. The lowest BCUT2D eigenvalue weighted by Crippen LogP contribution is -2.43. The SMILES string of the molecule is COc1ccc(-c2ccc3c(c2)CN2CCC[C@H]2C(=O)NCCOCCO3)cn1. The molecule has 1 fully saturated rings. The van der Waals surface area contributed by atoms with Gasteiger partial charge in [0.1, 0.15) is 12.4 Å². The van der Waals surface area contributed by atoms with E-state index in [0.717, 1.165) is 41.8 Å². The third-order valence-corrected chi connectivity index (χ3v) is 5.41. The lowest BCUT2D eigenvalue weighted by atomic mass is 10.0. The van der Waals surface area contributed by atoms with Gasteiger partial charge in [0, 0.05) is 36.5 Å². The van der Waals surface area contributed by atoms with Gasteiger partial charge in [0.05, 0.1) is 26.4 Å². The van der Waals surface area contributed by atoms with Crippen LogP contribution in [0.25, 0.3) is 11.1 Å². The minimum absolute atomic E-state index is 0.0864. The summed E-state index contributed by atoms with van der Waals surface area (Å²) >= 11 is 0. The molecular formula is C22H27N3O4. The Morgan fingerprint density at radius 1 is 1.17 bits per heavy atom. The van der Waals surface area contributed by atoms with Gasteiger partial charge in [0.15, 0.2) is 0 Å². The van der Waals surface area contributed by atoms with E-state index in [0.29, 0.717) is 38.8 Å². The third kappa shape index (κ3) is 4.68. The molecule has 0 bridgehead atoms. The number of amides is 1. The van der Waals surface area contributed by atoms with Gasteiger partial charge in [0.25, 0.3) is 0 Å². The smallest absolute Gasteiger partial charge is 0.237 e. The topological polar surface area (TPSA) is 72.9 Å². The third-order valence-electron chi connectivity index (χ3n) is 5.41. The van der Waals surface area contributed by atoms with Gasteiger partial charge in [-0.15, -0.1) is 0 Å². The van der Waals surface area contributed by atoms with E-state index in [2.05, 4.69) is 21.3 Å². The number of aromatic nitrogens is 1. The van der Waals surface area contributed by atoms with Crippen molar-refractivity contribution in [3.8, 4) is 22.8 Å². The molecule has 2 aliphatic rings. The van der Waals surface area contributed by atoms with Crippen LogP contribution in [0.3, 0.4) is 0 Å². The number of ether oxygens (including phenoxy) is 3. The molecule has 0 radical (unpaired) electrons. The van der Waals surface area contributed by atoms with Crippen molar-refractivity contribution in [2.45, 2.75) is 25.4 Å². The Balaban J connectivity index is 1.63. The van der Waals surface area contributed by atoms with E-state index >= 15 is 0 Å². The standard InChI is InChI=1S/C22H27N3O4/c1-27-21-7-5-17(14-24-21)16-4-6-20-18(13-16)15-25-9-2-3-19(25)22(26)23-8-10-28-11-12-29-20/h4-7,13-14,19H,2-3,8-12,15H2,1H3,(H,23,26)/t19-/m0/s1. The number of pyridine rings is 1. The van der Waals surface area contributed by atoms with E-state index in [-0.39, 0.29) is 11.9 Å². The molecule has 2 aliphatic heterocycles. The van der Waals surface area contributed by atoms with Crippen LogP contribution in [0.2, 0.25) is 0 Å². The highest BCUT2D eigenvalue weighted by atomic mass is 16.5. The molecule has 1 amide bonds. The summed E-state index contributed by atoms with van der Waals surface area (Å²) in [5, 5.41) is 3.00. The van der Waals surface area contributed by atoms with E-state index in [4.69, 9.17) is 14.2 Å². The van der Waals surface area contributed by atoms with Crippen LogP contribution in [0, 0.1) is 0 Å². The van der Waals surface area contributed by atoms with E-state index in [1.807, 2.05) is 24.3 Å². The Labute approximate surface area is 171 Å².